The van der Waals surface area contributed by atoms with Gasteiger partial charge in [-0.05, 0) is 52.5 Å². The Hall–Kier alpha value is -2.57. The summed E-state index contributed by atoms with van der Waals surface area (Å²) in [7, 11) is 0. The van der Waals surface area contributed by atoms with Gasteiger partial charge < -0.3 is 14.2 Å². The molecule has 7 nitrogen and oxygen atoms in total. The van der Waals surface area contributed by atoms with Gasteiger partial charge in [-0.15, -0.1) is 0 Å². The van der Waals surface area contributed by atoms with E-state index in [9.17, 15) is 9.59 Å². The van der Waals surface area contributed by atoms with Crippen LogP contribution in [0.1, 0.15) is 60.1 Å². The van der Waals surface area contributed by atoms with Crippen molar-refractivity contribution in [3.63, 3.8) is 0 Å². The molecule has 1 saturated heterocycles. The SMILES string of the molecule is CCC1CCCCN1C(=O)COC(=O)c1cc(C)n(-c2cc(C)on2)c1C. The second kappa shape index (κ2) is 7.98. The average Bonchev–Trinajstić information content (AvgIpc) is 3.21. The van der Waals surface area contributed by atoms with Crippen LogP contribution in [0.15, 0.2) is 16.7 Å². The maximum Gasteiger partial charge on any atom is 0.340 e. The van der Waals surface area contributed by atoms with Crippen molar-refractivity contribution in [1.82, 2.24) is 14.6 Å². The van der Waals surface area contributed by atoms with Crippen molar-refractivity contribution in [3.05, 3.63) is 34.8 Å². The lowest BCUT2D eigenvalue weighted by Gasteiger charge is -2.35. The van der Waals surface area contributed by atoms with Crippen LogP contribution in [0.2, 0.25) is 0 Å². The summed E-state index contributed by atoms with van der Waals surface area (Å²) in [5, 5.41) is 4.01. The van der Waals surface area contributed by atoms with Gasteiger partial charge in [-0.2, -0.15) is 0 Å². The number of likely N-dealkylation sites (tertiary alicyclic amines) is 1. The molecule has 0 aliphatic carbocycles. The molecule has 7 heteroatoms. The number of carbonyl (C=O) groups excluding carboxylic acids is 2. The first-order valence-electron chi connectivity index (χ1n) is 9.51. The molecule has 1 aliphatic heterocycles. The van der Waals surface area contributed by atoms with Crippen molar-refractivity contribution in [2.45, 2.75) is 59.4 Å². The zero-order chi connectivity index (χ0) is 19.6. The molecule has 146 valence electrons. The van der Waals surface area contributed by atoms with Crippen molar-refractivity contribution in [2.24, 2.45) is 0 Å². The Kier molecular flexibility index (Phi) is 5.68. The number of aromatic nitrogens is 2. The van der Waals surface area contributed by atoms with Crippen LogP contribution in [0.5, 0.6) is 0 Å². The molecule has 1 unspecified atom stereocenters. The molecule has 0 bridgehead atoms. The van der Waals surface area contributed by atoms with Crippen molar-refractivity contribution in [2.75, 3.05) is 13.2 Å². The lowest BCUT2D eigenvalue weighted by atomic mass is 10.00. The van der Waals surface area contributed by atoms with Gasteiger partial charge in [0.2, 0.25) is 0 Å². The Morgan fingerprint density at radius 1 is 1.26 bits per heavy atom. The van der Waals surface area contributed by atoms with Gasteiger partial charge >= 0.3 is 5.97 Å². The number of hydrogen-bond donors (Lipinski definition) is 0. The quantitative estimate of drug-likeness (QED) is 0.751. The summed E-state index contributed by atoms with van der Waals surface area (Å²) >= 11 is 0. The molecule has 3 rings (SSSR count). The van der Waals surface area contributed by atoms with Crippen LogP contribution < -0.4 is 0 Å². The van der Waals surface area contributed by atoms with Crippen molar-refractivity contribution in [3.8, 4) is 5.82 Å². The molecule has 27 heavy (non-hydrogen) atoms. The Balaban J connectivity index is 1.69. The van der Waals surface area contributed by atoms with Crippen LogP contribution in [0.3, 0.4) is 0 Å². The first-order valence-corrected chi connectivity index (χ1v) is 9.51. The van der Waals surface area contributed by atoms with Crippen LogP contribution in [-0.4, -0.2) is 45.7 Å². The minimum atomic E-state index is -0.493. The zero-order valence-electron chi connectivity index (χ0n) is 16.4. The third kappa shape index (κ3) is 3.91. The minimum absolute atomic E-state index is 0.115. The number of aryl methyl sites for hydroxylation is 2. The highest BCUT2D eigenvalue weighted by atomic mass is 16.5. The number of esters is 1. The molecule has 1 fully saturated rings. The monoisotopic (exact) mass is 373 g/mol. The van der Waals surface area contributed by atoms with Gasteiger partial charge in [-0.3, -0.25) is 9.36 Å². The highest BCUT2D eigenvalue weighted by molar-refractivity contribution is 5.93. The van der Waals surface area contributed by atoms with Crippen LogP contribution >= 0.6 is 0 Å². The van der Waals surface area contributed by atoms with Gasteiger partial charge in [0, 0.05) is 30.0 Å². The van der Waals surface area contributed by atoms with E-state index in [1.54, 1.807) is 12.1 Å². The summed E-state index contributed by atoms with van der Waals surface area (Å²) in [5.74, 6) is 0.708. The van der Waals surface area contributed by atoms with E-state index in [1.807, 2.05) is 30.2 Å². The van der Waals surface area contributed by atoms with E-state index in [2.05, 4.69) is 12.1 Å². The lowest BCUT2D eigenvalue weighted by molar-refractivity contribution is -0.138. The third-order valence-electron chi connectivity index (χ3n) is 5.24. The molecule has 0 spiro atoms. The molecule has 1 amide bonds. The third-order valence-corrected chi connectivity index (χ3v) is 5.24. The molecule has 0 radical (unpaired) electrons. The predicted octanol–water partition coefficient (Wildman–Crippen LogP) is 3.34. The predicted molar refractivity (Wildman–Crippen MR) is 100.0 cm³/mol. The first-order chi connectivity index (χ1) is 12.9. The van der Waals surface area contributed by atoms with Crippen molar-refractivity contribution >= 4 is 11.9 Å². The Morgan fingerprint density at radius 3 is 2.70 bits per heavy atom. The number of nitrogens with zero attached hydrogens (tertiary/aromatic N) is 3. The first kappa shape index (κ1) is 19.2. The smallest absolute Gasteiger partial charge is 0.340 e. The molecule has 2 aromatic rings. The fraction of sp³-hybridized carbons (Fsp3) is 0.550. The Labute approximate surface area is 159 Å². The van der Waals surface area contributed by atoms with Gasteiger partial charge in [0.1, 0.15) is 5.76 Å². The van der Waals surface area contributed by atoms with Gasteiger partial charge in [-0.25, -0.2) is 4.79 Å². The van der Waals surface area contributed by atoms with Crippen molar-refractivity contribution in [1.29, 1.82) is 0 Å². The summed E-state index contributed by atoms with van der Waals surface area (Å²) < 4.78 is 12.3. The minimum Gasteiger partial charge on any atom is -0.452 e. The molecule has 1 atom stereocenters. The molecule has 3 heterocycles. The Morgan fingerprint density at radius 2 is 2.04 bits per heavy atom. The fourth-order valence-corrected chi connectivity index (χ4v) is 3.82. The van der Waals surface area contributed by atoms with Crippen LogP contribution in [0, 0.1) is 20.8 Å². The molecule has 0 aromatic carbocycles. The second-order valence-electron chi connectivity index (χ2n) is 7.14. The summed E-state index contributed by atoms with van der Waals surface area (Å²) in [6, 6.07) is 3.81. The maximum atomic E-state index is 12.6. The van der Waals surface area contributed by atoms with Crippen LogP contribution in [0.25, 0.3) is 5.82 Å². The Bertz CT molecular complexity index is 836. The van der Waals surface area contributed by atoms with E-state index >= 15 is 0 Å². The van der Waals surface area contributed by atoms with Gasteiger partial charge in [0.15, 0.2) is 12.4 Å². The zero-order valence-corrected chi connectivity index (χ0v) is 16.4. The highest BCUT2D eigenvalue weighted by Crippen LogP contribution is 2.22. The van der Waals surface area contributed by atoms with Gasteiger partial charge in [0.25, 0.3) is 5.91 Å². The van der Waals surface area contributed by atoms with Gasteiger partial charge in [0.05, 0.1) is 5.56 Å². The standard InChI is InChI=1S/C20H27N3O4/c1-5-16-8-6-7-9-22(16)19(24)12-26-20(25)17-10-13(2)23(15(17)4)18-11-14(3)27-21-18/h10-11,16H,5-9,12H2,1-4H3. The molecular weight excluding hydrogens is 346 g/mol. The molecule has 1 aliphatic rings. The van der Waals surface area contributed by atoms with E-state index in [1.165, 1.54) is 0 Å². The van der Waals surface area contributed by atoms with Crippen LogP contribution in [0.4, 0.5) is 0 Å². The average molecular weight is 373 g/mol. The molecular formula is C20H27N3O4. The number of hydrogen-bond acceptors (Lipinski definition) is 5. The number of piperidine rings is 1. The second-order valence-corrected chi connectivity index (χ2v) is 7.14. The van der Waals surface area contributed by atoms with E-state index in [4.69, 9.17) is 9.26 Å². The van der Waals surface area contributed by atoms with Crippen molar-refractivity contribution < 1.29 is 18.8 Å². The number of ether oxygens (including phenoxy) is 1. The van der Waals surface area contributed by atoms with Crippen LogP contribution in [-0.2, 0) is 9.53 Å². The lowest BCUT2D eigenvalue weighted by Crippen LogP contribution is -2.45. The summed E-state index contributed by atoms with van der Waals surface area (Å²) in [6.07, 6.45) is 4.11. The largest absolute Gasteiger partial charge is 0.452 e. The number of rotatable bonds is 5. The number of carbonyl (C=O) groups is 2. The summed E-state index contributed by atoms with van der Waals surface area (Å²) in [4.78, 5) is 26.9. The molecule has 0 N–H and O–H groups in total. The van der Waals surface area contributed by atoms with E-state index in [0.29, 0.717) is 22.8 Å². The molecule has 0 saturated carbocycles. The van der Waals surface area contributed by atoms with Gasteiger partial charge in [-0.1, -0.05) is 12.1 Å². The van der Waals surface area contributed by atoms with E-state index < -0.39 is 5.97 Å². The fourth-order valence-electron chi connectivity index (χ4n) is 3.82. The van der Waals surface area contributed by atoms with E-state index in [0.717, 1.165) is 37.9 Å². The highest BCUT2D eigenvalue weighted by Gasteiger charge is 2.27. The molecule has 2 aromatic heterocycles. The topological polar surface area (TPSA) is 77.6 Å². The number of amides is 1. The maximum absolute atomic E-state index is 12.6. The summed E-state index contributed by atoms with van der Waals surface area (Å²) in [5.41, 5.74) is 2.00. The summed E-state index contributed by atoms with van der Waals surface area (Å²) in [6.45, 7) is 8.14. The normalized spacial score (nSPS) is 17.2. The van der Waals surface area contributed by atoms with E-state index in [-0.39, 0.29) is 18.6 Å².